The average molecular weight is 495 g/mol. The van der Waals surface area contributed by atoms with Crippen LogP contribution in [0.5, 0.6) is 0 Å². The molecule has 7 heteroatoms. The highest BCUT2D eigenvalue weighted by Gasteiger charge is 2.59. The summed E-state index contributed by atoms with van der Waals surface area (Å²) in [5.74, 6) is 1.34. The van der Waals surface area contributed by atoms with Crippen molar-refractivity contribution in [2.75, 3.05) is 18.4 Å². The molecule has 1 saturated heterocycles. The molecule has 0 aromatic heterocycles. The van der Waals surface area contributed by atoms with Crippen molar-refractivity contribution < 1.29 is 13.2 Å². The molecule has 2 atom stereocenters. The highest BCUT2D eigenvalue weighted by atomic mass is 79.9. The molecule has 0 spiro atoms. The Morgan fingerprint density at radius 1 is 1.10 bits per heavy atom. The predicted octanol–water partition coefficient (Wildman–Crippen LogP) is 4.84. The number of piperidine rings is 1. The highest BCUT2D eigenvalue weighted by Crippen LogP contribution is 2.64. The van der Waals surface area contributed by atoms with Gasteiger partial charge in [-0.15, -0.1) is 0 Å². The number of sulfonamides is 1. The number of aryl methyl sites for hydroxylation is 1. The lowest BCUT2D eigenvalue weighted by Crippen LogP contribution is -2.57. The quantitative estimate of drug-likeness (QED) is 0.608. The molecule has 1 aliphatic heterocycles. The molecule has 5 aliphatic rings. The van der Waals surface area contributed by atoms with Gasteiger partial charge >= 0.3 is 0 Å². The van der Waals surface area contributed by atoms with Gasteiger partial charge < -0.3 is 5.32 Å². The zero-order chi connectivity index (χ0) is 21.1. The summed E-state index contributed by atoms with van der Waals surface area (Å²) in [6.07, 6.45) is 9.35. The van der Waals surface area contributed by atoms with E-state index in [1.807, 2.05) is 13.0 Å². The van der Waals surface area contributed by atoms with E-state index in [1.165, 1.54) is 19.3 Å². The van der Waals surface area contributed by atoms with Gasteiger partial charge in [-0.3, -0.25) is 4.79 Å². The number of nitrogens with one attached hydrogen (secondary N) is 1. The van der Waals surface area contributed by atoms with Crippen LogP contribution in [0.4, 0.5) is 5.69 Å². The number of hydrogen-bond acceptors (Lipinski definition) is 3. The Bertz CT molecular complexity index is 957. The Kier molecular flexibility index (Phi) is 5.10. The van der Waals surface area contributed by atoms with Crippen LogP contribution in [0.3, 0.4) is 0 Å². The van der Waals surface area contributed by atoms with E-state index in [0.29, 0.717) is 30.6 Å². The van der Waals surface area contributed by atoms with Crippen LogP contribution in [0.2, 0.25) is 0 Å². The van der Waals surface area contributed by atoms with Crippen LogP contribution < -0.4 is 5.32 Å². The Morgan fingerprint density at radius 3 is 2.40 bits per heavy atom. The van der Waals surface area contributed by atoms with E-state index in [4.69, 9.17) is 0 Å². The first kappa shape index (κ1) is 21.0. The molecule has 0 radical (unpaired) electrons. The Morgan fingerprint density at radius 2 is 1.77 bits per heavy atom. The minimum Gasteiger partial charge on any atom is -0.325 e. The molecule has 2 unspecified atom stereocenters. The third-order valence-electron chi connectivity index (χ3n) is 7.88. The molecular weight excluding hydrogens is 464 g/mol. The largest absolute Gasteiger partial charge is 0.325 e. The van der Waals surface area contributed by atoms with E-state index in [1.54, 1.807) is 16.4 Å². The van der Waals surface area contributed by atoms with Gasteiger partial charge in [-0.1, -0.05) is 28.4 Å². The summed E-state index contributed by atoms with van der Waals surface area (Å²) >= 11 is 3.98. The fourth-order valence-corrected chi connectivity index (χ4v) is 9.82. The van der Waals surface area contributed by atoms with Crippen molar-refractivity contribution in [3.8, 4) is 0 Å². The van der Waals surface area contributed by atoms with Crippen LogP contribution in [0.1, 0.15) is 63.4 Å². The number of carbonyl (C=O) groups is 1. The first-order valence-corrected chi connectivity index (χ1v) is 13.5. The highest BCUT2D eigenvalue weighted by molar-refractivity contribution is 9.10. The van der Waals surface area contributed by atoms with Gasteiger partial charge in [-0.25, -0.2) is 8.42 Å². The maximum atomic E-state index is 13.5. The zero-order valence-corrected chi connectivity index (χ0v) is 20.0. The smallest absolute Gasteiger partial charge is 0.243 e. The number of anilines is 1. The maximum absolute atomic E-state index is 13.5. The van der Waals surface area contributed by atoms with Crippen LogP contribution in [-0.4, -0.2) is 36.0 Å². The monoisotopic (exact) mass is 494 g/mol. The molecular formula is C23H31BrN2O3S. The van der Waals surface area contributed by atoms with E-state index < -0.39 is 10.0 Å². The summed E-state index contributed by atoms with van der Waals surface area (Å²) in [7, 11) is -3.52. The van der Waals surface area contributed by atoms with Crippen molar-refractivity contribution in [3.63, 3.8) is 0 Å². The number of carbonyl (C=O) groups excluding carboxylic acids is 1. The molecule has 164 valence electrons. The number of halogens is 1. The van der Waals surface area contributed by atoms with Crippen molar-refractivity contribution in [1.29, 1.82) is 0 Å². The molecule has 5 nitrogen and oxygen atoms in total. The fraction of sp³-hybridized carbons (Fsp3) is 0.696. The minimum atomic E-state index is -3.52. The van der Waals surface area contributed by atoms with E-state index in [-0.39, 0.29) is 20.5 Å². The number of rotatable bonds is 4. The summed E-state index contributed by atoms with van der Waals surface area (Å²) in [6, 6.07) is 5.16. The Balaban J connectivity index is 1.40. The fourth-order valence-electron chi connectivity index (χ4n) is 6.82. The molecule has 1 aromatic carbocycles. The van der Waals surface area contributed by atoms with Crippen LogP contribution in [0.15, 0.2) is 23.1 Å². The molecule has 4 saturated carbocycles. The molecule has 30 heavy (non-hydrogen) atoms. The normalized spacial score (nSPS) is 36.1. The number of benzene rings is 1. The zero-order valence-electron chi connectivity index (χ0n) is 17.6. The van der Waals surface area contributed by atoms with E-state index >= 15 is 0 Å². The molecule has 4 aliphatic carbocycles. The minimum absolute atomic E-state index is 0.0797. The average Bonchev–Trinajstić information content (AvgIpc) is 2.68. The van der Waals surface area contributed by atoms with E-state index in [2.05, 4.69) is 21.2 Å². The molecule has 4 bridgehead atoms. The maximum Gasteiger partial charge on any atom is 0.243 e. The van der Waals surface area contributed by atoms with Gasteiger partial charge in [0, 0.05) is 23.1 Å². The molecule has 1 heterocycles. The van der Waals surface area contributed by atoms with Gasteiger partial charge in [0.05, 0.1) is 10.3 Å². The molecule has 5 fully saturated rings. The van der Waals surface area contributed by atoms with Crippen LogP contribution in [-0.2, 0) is 14.8 Å². The summed E-state index contributed by atoms with van der Waals surface area (Å²) in [6.45, 7) is 3.09. The molecule has 6 rings (SSSR count). The van der Waals surface area contributed by atoms with Crippen LogP contribution in [0, 0.1) is 24.2 Å². The third kappa shape index (κ3) is 3.55. The number of nitrogens with zero attached hydrogens (tertiary/aromatic N) is 1. The molecule has 1 aromatic rings. The third-order valence-corrected chi connectivity index (χ3v) is 10.7. The SMILES string of the molecule is Cc1ccc(S(=O)(=O)N2CCCCC2)cc1NC(=O)C12CC3CC(CC(Br)(C3)C1)C2. The van der Waals surface area contributed by atoms with Gasteiger partial charge in [0.25, 0.3) is 0 Å². The first-order chi connectivity index (χ1) is 14.2. The standard InChI is InChI=1S/C23H31BrN2O3S/c1-16-5-6-19(30(28,29)26-7-3-2-4-8-26)10-20(16)25-21(27)22-11-17-9-18(12-22)14-23(24,13-17)15-22/h5-6,10,17-18H,2-4,7-9,11-15H2,1H3,(H,25,27). The summed E-state index contributed by atoms with van der Waals surface area (Å²) in [4.78, 5) is 13.8. The Labute approximate surface area is 188 Å². The predicted molar refractivity (Wildman–Crippen MR) is 121 cm³/mol. The van der Waals surface area contributed by atoms with E-state index in [9.17, 15) is 13.2 Å². The number of alkyl halides is 1. The topological polar surface area (TPSA) is 66.5 Å². The molecule has 1 amide bonds. The van der Waals surface area contributed by atoms with Gasteiger partial charge in [-0.2, -0.15) is 4.31 Å². The lowest BCUT2D eigenvalue weighted by atomic mass is 9.49. The summed E-state index contributed by atoms with van der Waals surface area (Å²) in [5, 5.41) is 3.16. The second-order valence-electron chi connectivity index (χ2n) is 10.3. The summed E-state index contributed by atoms with van der Waals surface area (Å²) in [5.41, 5.74) is 1.22. The van der Waals surface area contributed by atoms with Gasteiger partial charge in [0.1, 0.15) is 0 Å². The van der Waals surface area contributed by atoms with E-state index in [0.717, 1.165) is 44.1 Å². The van der Waals surface area contributed by atoms with Crippen molar-refractivity contribution in [3.05, 3.63) is 23.8 Å². The van der Waals surface area contributed by atoms with Crippen molar-refractivity contribution in [2.45, 2.75) is 73.9 Å². The van der Waals surface area contributed by atoms with Gasteiger partial charge in [-0.05, 0) is 87.8 Å². The Hall–Kier alpha value is -0.920. The second-order valence-corrected chi connectivity index (χ2v) is 13.9. The van der Waals surface area contributed by atoms with Crippen molar-refractivity contribution >= 4 is 37.5 Å². The number of amides is 1. The van der Waals surface area contributed by atoms with Gasteiger partial charge in [0.2, 0.25) is 15.9 Å². The second kappa shape index (κ2) is 7.31. The lowest BCUT2D eigenvalue weighted by Gasteiger charge is -2.59. The van der Waals surface area contributed by atoms with Gasteiger partial charge in [0.15, 0.2) is 0 Å². The summed E-state index contributed by atoms with van der Waals surface area (Å²) < 4.78 is 27.9. The lowest BCUT2D eigenvalue weighted by molar-refractivity contribution is -0.138. The van der Waals surface area contributed by atoms with Crippen molar-refractivity contribution in [2.24, 2.45) is 17.3 Å². The first-order valence-electron chi connectivity index (χ1n) is 11.3. The number of hydrogen-bond donors (Lipinski definition) is 1. The molecule has 1 N–H and O–H groups in total. The van der Waals surface area contributed by atoms with Crippen LogP contribution in [0.25, 0.3) is 0 Å². The van der Waals surface area contributed by atoms with Crippen molar-refractivity contribution in [1.82, 2.24) is 4.31 Å². The van der Waals surface area contributed by atoms with Crippen LogP contribution >= 0.6 is 15.9 Å².